The number of fused-ring (bicyclic) bond motifs is 1. The molecule has 188 valence electrons. The highest BCUT2D eigenvalue weighted by Gasteiger charge is 2.33. The van der Waals surface area contributed by atoms with E-state index in [0.29, 0.717) is 25.2 Å². The van der Waals surface area contributed by atoms with Crippen molar-refractivity contribution in [1.82, 2.24) is 9.21 Å². The number of piperidine rings is 1. The molecule has 1 fully saturated rings. The van der Waals surface area contributed by atoms with E-state index in [1.54, 1.807) is 27.4 Å². The van der Waals surface area contributed by atoms with Crippen molar-refractivity contribution in [2.45, 2.75) is 76.4 Å². The average Bonchev–Trinajstić information content (AvgIpc) is 2.84. The first-order valence-corrected chi connectivity index (χ1v) is 13.9. The third-order valence-electron chi connectivity index (χ3n) is 7.03. The minimum atomic E-state index is -3.60. The van der Waals surface area contributed by atoms with E-state index in [1.807, 2.05) is 51.1 Å². The van der Waals surface area contributed by atoms with E-state index in [-0.39, 0.29) is 41.8 Å². The maximum absolute atomic E-state index is 13.3. The fraction of sp³-hybridized carbons (Fsp3) is 0.481. The third-order valence-corrected chi connectivity index (χ3v) is 9.04. The van der Waals surface area contributed by atoms with Crippen LogP contribution < -0.4 is 4.90 Å². The number of sulfonamides is 1. The summed E-state index contributed by atoms with van der Waals surface area (Å²) in [6.07, 6.45) is 3.50. The zero-order chi connectivity index (χ0) is 25.2. The van der Waals surface area contributed by atoms with Crippen LogP contribution in [0.5, 0.6) is 0 Å². The molecule has 0 unspecified atom stereocenters. The molecular weight excluding hydrogens is 462 g/mol. The number of amides is 2. The molecule has 2 amide bonds. The lowest BCUT2D eigenvalue weighted by Crippen LogP contribution is -2.46. The van der Waals surface area contributed by atoms with Gasteiger partial charge in [0.1, 0.15) is 6.54 Å². The topological polar surface area (TPSA) is 78.0 Å². The van der Waals surface area contributed by atoms with Gasteiger partial charge in [-0.15, -0.1) is 0 Å². The molecule has 0 saturated carbocycles. The summed E-state index contributed by atoms with van der Waals surface area (Å²) in [5, 5.41) is 0. The Balaban J connectivity index is 1.57. The minimum Gasteiger partial charge on any atom is -0.334 e. The van der Waals surface area contributed by atoms with Crippen LogP contribution >= 0.6 is 0 Å². The molecule has 0 N–H and O–H groups in total. The first kappa shape index (κ1) is 25.4. The minimum absolute atomic E-state index is 0.0212. The summed E-state index contributed by atoms with van der Waals surface area (Å²) in [5.41, 5.74) is 2.45. The van der Waals surface area contributed by atoms with Gasteiger partial charge in [-0.05, 0) is 69.4 Å². The number of hydrogen-bond donors (Lipinski definition) is 0. The maximum Gasteiger partial charge on any atom is 0.243 e. The lowest BCUT2D eigenvalue weighted by atomic mass is 10.0. The Bertz CT molecular complexity index is 1180. The van der Waals surface area contributed by atoms with E-state index < -0.39 is 10.0 Å². The number of carbonyl (C=O) groups excluding carboxylic acids is 2. The highest BCUT2D eigenvalue weighted by molar-refractivity contribution is 7.89. The lowest BCUT2D eigenvalue weighted by molar-refractivity contribution is -0.133. The van der Waals surface area contributed by atoms with Gasteiger partial charge in [-0.1, -0.05) is 36.8 Å². The number of rotatable bonds is 7. The molecule has 8 heteroatoms. The Morgan fingerprint density at radius 3 is 2.51 bits per heavy atom. The Morgan fingerprint density at radius 2 is 1.83 bits per heavy atom. The van der Waals surface area contributed by atoms with Gasteiger partial charge < -0.3 is 9.80 Å². The molecule has 2 aliphatic rings. The molecule has 2 heterocycles. The highest BCUT2D eigenvalue weighted by atomic mass is 32.2. The van der Waals surface area contributed by atoms with Crippen LogP contribution in [-0.2, 0) is 32.6 Å². The van der Waals surface area contributed by atoms with Crippen molar-refractivity contribution in [2.24, 2.45) is 0 Å². The Kier molecular flexibility index (Phi) is 7.62. The zero-order valence-corrected chi connectivity index (χ0v) is 21.6. The molecule has 2 aromatic carbocycles. The van der Waals surface area contributed by atoms with E-state index in [4.69, 9.17) is 0 Å². The second-order valence-corrected chi connectivity index (χ2v) is 11.7. The first-order chi connectivity index (χ1) is 16.7. The number of benzene rings is 2. The molecule has 0 aliphatic carbocycles. The van der Waals surface area contributed by atoms with Gasteiger partial charge in [0.25, 0.3) is 0 Å². The van der Waals surface area contributed by atoms with Crippen molar-refractivity contribution in [3.05, 3.63) is 59.7 Å². The van der Waals surface area contributed by atoms with Gasteiger partial charge in [-0.2, -0.15) is 4.31 Å². The smallest absolute Gasteiger partial charge is 0.243 e. The third kappa shape index (κ3) is 5.43. The van der Waals surface area contributed by atoms with Crippen LogP contribution in [0.25, 0.3) is 0 Å². The van der Waals surface area contributed by atoms with Crippen LogP contribution in [0, 0.1) is 0 Å². The van der Waals surface area contributed by atoms with Crippen molar-refractivity contribution < 1.29 is 18.0 Å². The number of anilines is 1. The summed E-state index contributed by atoms with van der Waals surface area (Å²) in [4.78, 5) is 29.7. The number of aryl methyl sites for hydroxylation is 1. The van der Waals surface area contributed by atoms with Gasteiger partial charge in [-0.25, -0.2) is 8.42 Å². The second kappa shape index (κ2) is 10.5. The van der Waals surface area contributed by atoms with E-state index in [0.717, 1.165) is 30.4 Å². The fourth-order valence-corrected chi connectivity index (χ4v) is 6.75. The Labute approximate surface area is 208 Å². The normalized spacial score (nSPS) is 19.0. The van der Waals surface area contributed by atoms with Gasteiger partial charge in [0, 0.05) is 37.3 Å². The molecule has 2 aliphatic heterocycles. The molecule has 1 atom stereocenters. The number of hydrogen-bond acceptors (Lipinski definition) is 4. The largest absolute Gasteiger partial charge is 0.334 e. The monoisotopic (exact) mass is 497 g/mol. The van der Waals surface area contributed by atoms with Crippen LogP contribution in [0.3, 0.4) is 0 Å². The SMILES string of the molecule is CC(C)N(Cc1ccccc1)C(=O)CN1C(=O)CCc2cc(S(=O)(=O)N3CCCC[C@@H]3C)ccc21. The summed E-state index contributed by atoms with van der Waals surface area (Å²) in [5.74, 6) is -0.251. The van der Waals surface area contributed by atoms with Crippen molar-refractivity contribution in [2.75, 3.05) is 18.0 Å². The molecule has 35 heavy (non-hydrogen) atoms. The van der Waals surface area contributed by atoms with Gasteiger partial charge >= 0.3 is 0 Å². The van der Waals surface area contributed by atoms with Gasteiger partial charge in [0.2, 0.25) is 21.8 Å². The second-order valence-electron chi connectivity index (χ2n) is 9.83. The van der Waals surface area contributed by atoms with Gasteiger partial charge in [0.05, 0.1) is 4.90 Å². The van der Waals surface area contributed by atoms with Gasteiger partial charge in [-0.3, -0.25) is 9.59 Å². The van der Waals surface area contributed by atoms with Crippen LogP contribution in [0.4, 0.5) is 5.69 Å². The van der Waals surface area contributed by atoms with Crippen LogP contribution in [0.1, 0.15) is 57.6 Å². The van der Waals surface area contributed by atoms with Crippen molar-refractivity contribution in [3.63, 3.8) is 0 Å². The Hall–Kier alpha value is -2.71. The molecule has 0 bridgehead atoms. The van der Waals surface area contributed by atoms with Crippen LogP contribution in [0.2, 0.25) is 0 Å². The standard InChI is InChI=1S/C27H35N3O4S/c1-20(2)28(18-22-10-5-4-6-11-22)27(32)19-29-25-14-13-24(17-23(25)12-15-26(29)31)35(33,34)30-16-8-7-9-21(30)3/h4-6,10-11,13-14,17,20-21H,7-9,12,15-16,18-19H2,1-3H3/t21-/m0/s1. The highest BCUT2D eigenvalue weighted by Crippen LogP contribution is 2.32. The Morgan fingerprint density at radius 1 is 1.09 bits per heavy atom. The quantitative estimate of drug-likeness (QED) is 0.580. The molecule has 0 spiro atoms. The molecule has 0 radical (unpaired) electrons. The fourth-order valence-electron chi connectivity index (χ4n) is 5.00. The first-order valence-electron chi connectivity index (χ1n) is 12.5. The summed E-state index contributed by atoms with van der Waals surface area (Å²) in [7, 11) is -3.60. The van der Waals surface area contributed by atoms with Crippen molar-refractivity contribution in [1.29, 1.82) is 0 Å². The van der Waals surface area contributed by atoms with E-state index >= 15 is 0 Å². The van der Waals surface area contributed by atoms with Crippen molar-refractivity contribution in [3.8, 4) is 0 Å². The predicted octanol–water partition coefficient (Wildman–Crippen LogP) is 3.97. The summed E-state index contributed by atoms with van der Waals surface area (Å²) >= 11 is 0. The maximum atomic E-state index is 13.3. The summed E-state index contributed by atoms with van der Waals surface area (Å²) < 4.78 is 28.3. The molecule has 1 saturated heterocycles. The molecule has 4 rings (SSSR count). The van der Waals surface area contributed by atoms with E-state index in [9.17, 15) is 18.0 Å². The van der Waals surface area contributed by atoms with Gasteiger partial charge in [0.15, 0.2) is 0 Å². The molecular formula is C27H35N3O4S. The van der Waals surface area contributed by atoms with Crippen LogP contribution in [-0.4, -0.2) is 54.6 Å². The van der Waals surface area contributed by atoms with E-state index in [2.05, 4.69) is 0 Å². The molecule has 2 aromatic rings. The number of carbonyl (C=O) groups is 2. The predicted molar refractivity (Wildman–Crippen MR) is 136 cm³/mol. The van der Waals surface area contributed by atoms with Crippen molar-refractivity contribution >= 4 is 27.5 Å². The molecule has 0 aromatic heterocycles. The zero-order valence-electron chi connectivity index (χ0n) is 20.8. The van der Waals surface area contributed by atoms with E-state index in [1.165, 1.54) is 4.90 Å². The van der Waals surface area contributed by atoms with Crippen LogP contribution in [0.15, 0.2) is 53.4 Å². The average molecular weight is 498 g/mol. The summed E-state index contributed by atoms with van der Waals surface area (Å²) in [6.45, 7) is 6.82. The molecule has 7 nitrogen and oxygen atoms in total. The summed E-state index contributed by atoms with van der Waals surface area (Å²) in [6, 6.07) is 14.7. The lowest BCUT2D eigenvalue weighted by Gasteiger charge is -2.34. The number of nitrogens with zero attached hydrogens (tertiary/aromatic N) is 3.